The Bertz CT molecular complexity index is 429. The molecule has 4 nitrogen and oxygen atoms in total. The van der Waals surface area contributed by atoms with E-state index in [-0.39, 0.29) is 25.8 Å². The van der Waals surface area contributed by atoms with E-state index in [9.17, 15) is 18.4 Å². The summed E-state index contributed by atoms with van der Waals surface area (Å²) < 4.78 is 25.7. The molecule has 1 rings (SSSR count). The Hall–Kier alpha value is -1.98. The molecule has 0 fully saturated rings. The van der Waals surface area contributed by atoms with Crippen LogP contribution in [-0.4, -0.2) is 23.5 Å². The van der Waals surface area contributed by atoms with Gasteiger partial charge in [-0.25, -0.2) is 8.78 Å². The third kappa shape index (κ3) is 5.38. The van der Waals surface area contributed by atoms with E-state index < -0.39 is 23.5 Å². The number of carbonyl (C=O) groups is 2. The van der Waals surface area contributed by atoms with E-state index >= 15 is 0 Å². The Labute approximate surface area is 103 Å². The van der Waals surface area contributed by atoms with E-state index in [1.54, 1.807) is 0 Å². The topological polar surface area (TPSA) is 66.4 Å². The summed E-state index contributed by atoms with van der Waals surface area (Å²) in [5.41, 5.74) is 0.436. The first kappa shape index (κ1) is 14.1. The molecule has 98 valence electrons. The number of nitrogens with one attached hydrogen (secondary N) is 1. The van der Waals surface area contributed by atoms with Crippen LogP contribution in [0.15, 0.2) is 18.2 Å². The minimum absolute atomic E-state index is 0.104. The molecule has 1 aromatic carbocycles. The highest BCUT2D eigenvalue weighted by molar-refractivity contribution is 5.80. The van der Waals surface area contributed by atoms with Gasteiger partial charge < -0.3 is 10.4 Å². The van der Waals surface area contributed by atoms with Crippen LogP contribution in [-0.2, 0) is 16.0 Å². The van der Waals surface area contributed by atoms with E-state index in [4.69, 9.17) is 5.11 Å². The number of hydrogen-bond acceptors (Lipinski definition) is 2. The maximum Gasteiger partial charge on any atom is 0.303 e. The smallest absolute Gasteiger partial charge is 0.303 e. The summed E-state index contributed by atoms with van der Waals surface area (Å²) >= 11 is 0. The third-order valence-corrected chi connectivity index (χ3v) is 2.22. The van der Waals surface area contributed by atoms with Crippen molar-refractivity contribution in [1.82, 2.24) is 5.32 Å². The van der Waals surface area contributed by atoms with Crippen LogP contribution in [0.2, 0.25) is 0 Å². The third-order valence-electron chi connectivity index (χ3n) is 2.22. The molecule has 0 radical (unpaired) electrons. The van der Waals surface area contributed by atoms with Crippen molar-refractivity contribution < 1.29 is 23.5 Å². The summed E-state index contributed by atoms with van der Waals surface area (Å²) in [4.78, 5) is 21.4. The molecule has 0 unspecified atom stereocenters. The number of benzene rings is 1. The highest BCUT2D eigenvalue weighted by atomic mass is 19.1. The predicted molar refractivity (Wildman–Crippen MR) is 59.9 cm³/mol. The largest absolute Gasteiger partial charge is 0.481 e. The molecule has 0 aliphatic rings. The van der Waals surface area contributed by atoms with Gasteiger partial charge in [0.2, 0.25) is 5.91 Å². The quantitative estimate of drug-likeness (QED) is 0.811. The number of carbonyl (C=O) groups excluding carboxylic acids is 1. The SMILES string of the molecule is O=C(O)CCC(=O)NCCc1cc(F)cc(F)c1. The summed E-state index contributed by atoms with van der Waals surface area (Å²) in [6.45, 7) is 0.210. The second-order valence-electron chi connectivity index (χ2n) is 3.77. The van der Waals surface area contributed by atoms with Gasteiger partial charge in [-0.1, -0.05) is 0 Å². The number of aliphatic carboxylic acids is 1. The summed E-state index contributed by atoms with van der Waals surface area (Å²) in [6, 6.07) is 3.15. The molecule has 1 aromatic rings. The predicted octanol–water partition coefficient (Wildman–Crippen LogP) is 1.49. The summed E-state index contributed by atoms with van der Waals surface area (Å²) in [6.07, 6.45) is -0.0548. The molecule has 0 atom stereocenters. The molecule has 0 aliphatic heterocycles. The van der Waals surface area contributed by atoms with E-state index in [1.165, 1.54) is 12.1 Å². The average Bonchev–Trinajstić information content (AvgIpc) is 2.25. The molecular formula is C12H13F2NO3. The van der Waals surface area contributed by atoms with Crippen LogP contribution in [0.5, 0.6) is 0 Å². The number of carboxylic acids is 1. The zero-order chi connectivity index (χ0) is 13.5. The molecule has 0 saturated carbocycles. The zero-order valence-electron chi connectivity index (χ0n) is 9.58. The first-order valence-electron chi connectivity index (χ1n) is 5.41. The van der Waals surface area contributed by atoms with Gasteiger partial charge >= 0.3 is 5.97 Å². The highest BCUT2D eigenvalue weighted by Crippen LogP contribution is 2.08. The lowest BCUT2D eigenvalue weighted by Gasteiger charge is -2.05. The Kier molecular flexibility index (Phi) is 5.23. The second kappa shape index (κ2) is 6.68. The molecule has 6 heteroatoms. The van der Waals surface area contributed by atoms with E-state index in [0.717, 1.165) is 6.07 Å². The molecule has 1 amide bonds. The summed E-state index contributed by atoms with van der Waals surface area (Å²) in [5.74, 6) is -2.77. The van der Waals surface area contributed by atoms with Crippen molar-refractivity contribution in [2.75, 3.05) is 6.54 Å². The minimum Gasteiger partial charge on any atom is -0.481 e. The van der Waals surface area contributed by atoms with Crippen molar-refractivity contribution in [3.63, 3.8) is 0 Å². The fraction of sp³-hybridized carbons (Fsp3) is 0.333. The van der Waals surface area contributed by atoms with Crippen molar-refractivity contribution >= 4 is 11.9 Å². The number of rotatable bonds is 6. The van der Waals surface area contributed by atoms with Crippen molar-refractivity contribution in [1.29, 1.82) is 0 Å². The van der Waals surface area contributed by atoms with E-state index in [0.29, 0.717) is 5.56 Å². The van der Waals surface area contributed by atoms with Crippen molar-refractivity contribution in [2.45, 2.75) is 19.3 Å². The molecule has 0 aromatic heterocycles. The van der Waals surface area contributed by atoms with Gasteiger partial charge in [-0.2, -0.15) is 0 Å². The molecule has 0 aliphatic carbocycles. The van der Waals surface area contributed by atoms with Gasteiger partial charge in [-0.15, -0.1) is 0 Å². The molecule has 2 N–H and O–H groups in total. The van der Waals surface area contributed by atoms with Crippen LogP contribution in [0, 0.1) is 11.6 Å². The fourth-order valence-corrected chi connectivity index (χ4v) is 1.41. The molecular weight excluding hydrogens is 244 g/mol. The van der Waals surface area contributed by atoms with Gasteiger partial charge in [0, 0.05) is 19.0 Å². The van der Waals surface area contributed by atoms with Crippen LogP contribution in [0.4, 0.5) is 8.78 Å². The lowest BCUT2D eigenvalue weighted by molar-refractivity contribution is -0.138. The lowest BCUT2D eigenvalue weighted by atomic mass is 10.1. The van der Waals surface area contributed by atoms with Crippen LogP contribution in [0.25, 0.3) is 0 Å². The standard InChI is InChI=1S/C12H13F2NO3/c13-9-5-8(6-10(14)7-9)3-4-15-11(16)1-2-12(17)18/h5-7H,1-4H2,(H,15,16)(H,17,18). The lowest BCUT2D eigenvalue weighted by Crippen LogP contribution is -2.26. The van der Waals surface area contributed by atoms with Crippen LogP contribution < -0.4 is 5.32 Å². The van der Waals surface area contributed by atoms with Crippen LogP contribution in [0.3, 0.4) is 0 Å². The Morgan fingerprint density at radius 1 is 1.11 bits per heavy atom. The van der Waals surface area contributed by atoms with Crippen molar-refractivity contribution in [3.8, 4) is 0 Å². The number of hydrogen-bond donors (Lipinski definition) is 2. The minimum atomic E-state index is -1.04. The van der Waals surface area contributed by atoms with Gasteiger partial charge in [-0.3, -0.25) is 9.59 Å². The first-order valence-corrected chi connectivity index (χ1v) is 5.41. The van der Waals surface area contributed by atoms with Crippen molar-refractivity contribution in [2.24, 2.45) is 0 Å². The average molecular weight is 257 g/mol. The van der Waals surface area contributed by atoms with Gasteiger partial charge in [0.05, 0.1) is 6.42 Å². The van der Waals surface area contributed by atoms with Gasteiger partial charge in [0.1, 0.15) is 11.6 Å². The summed E-state index contributed by atoms with van der Waals surface area (Å²) in [5, 5.41) is 10.8. The fourth-order valence-electron chi connectivity index (χ4n) is 1.41. The molecule has 0 heterocycles. The van der Waals surface area contributed by atoms with Crippen molar-refractivity contribution in [3.05, 3.63) is 35.4 Å². The van der Waals surface area contributed by atoms with Crippen LogP contribution >= 0.6 is 0 Å². The monoisotopic (exact) mass is 257 g/mol. The Morgan fingerprint density at radius 3 is 2.28 bits per heavy atom. The van der Waals surface area contributed by atoms with E-state index in [1.807, 2.05) is 0 Å². The summed E-state index contributed by atoms with van der Waals surface area (Å²) in [7, 11) is 0. The number of carboxylic acid groups (broad SMARTS) is 1. The second-order valence-corrected chi connectivity index (χ2v) is 3.77. The van der Waals surface area contributed by atoms with Crippen LogP contribution in [0.1, 0.15) is 18.4 Å². The highest BCUT2D eigenvalue weighted by Gasteiger charge is 2.05. The first-order chi connectivity index (χ1) is 8.47. The number of amides is 1. The molecule has 0 spiro atoms. The Balaban J connectivity index is 2.33. The van der Waals surface area contributed by atoms with E-state index in [2.05, 4.69) is 5.32 Å². The molecule has 18 heavy (non-hydrogen) atoms. The normalized spacial score (nSPS) is 10.1. The molecule has 0 saturated heterocycles. The maximum atomic E-state index is 12.8. The molecule has 0 bridgehead atoms. The van der Waals surface area contributed by atoms with Gasteiger partial charge in [-0.05, 0) is 24.1 Å². The van der Waals surface area contributed by atoms with Gasteiger partial charge in [0.25, 0.3) is 0 Å². The maximum absolute atomic E-state index is 12.8. The van der Waals surface area contributed by atoms with Gasteiger partial charge in [0.15, 0.2) is 0 Å². The Morgan fingerprint density at radius 2 is 1.72 bits per heavy atom. The number of halogens is 2. The zero-order valence-corrected chi connectivity index (χ0v) is 9.58.